The molecule has 0 aliphatic carbocycles. The van der Waals surface area contributed by atoms with Crippen LogP contribution < -0.4 is 5.43 Å². The van der Waals surface area contributed by atoms with Crippen molar-refractivity contribution in [2.45, 2.75) is 25.5 Å². The zero-order valence-corrected chi connectivity index (χ0v) is 12.9. The molecule has 5 nitrogen and oxygen atoms in total. The summed E-state index contributed by atoms with van der Waals surface area (Å²) in [5, 5.41) is 4.15. The van der Waals surface area contributed by atoms with Crippen molar-refractivity contribution in [3.8, 4) is 5.69 Å². The summed E-state index contributed by atoms with van der Waals surface area (Å²) in [4.78, 5) is 15.5. The number of aryl methyl sites for hydroxylation is 1. The second-order valence-electron chi connectivity index (χ2n) is 5.44. The molecule has 0 saturated carbocycles. The van der Waals surface area contributed by atoms with Crippen molar-refractivity contribution in [2.75, 3.05) is 0 Å². The summed E-state index contributed by atoms with van der Waals surface area (Å²) >= 11 is 1.26. The third kappa shape index (κ3) is 2.58. The van der Waals surface area contributed by atoms with Gasteiger partial charge in [0.05, 0.1) is 16.8 Å². The molecule has 1 amide bonds. The first-order chi connectivity index (χ1) is 9.97. The van der Waals surface area contributed by atoms with E-state index in [-0.39, 0.29) is 9.99 Å². The number of nitrogens with zero attached hydrogens (tertiary/aromatic N) is 3. The van der Waals surface area contributed by atoms with Crippen LogP contribution in [0, 0.1) is 6.92 Å². The molecule has 0 bridgehead atoms. The van der Waals surface area contributed by atoms with E-state index in [1.54, 1.807) is 12.5 Å². The lowest BCUT2D eigenvalue weighted by molar-refractivity contribution is 0.260. The molecule has 1 aromatic heterocycles. The van der Waals surface area contributed by atoms with Crippen molar-refractivity contribution in [2.24, 2.45) is 5.10 Å². The Kier molecular flexibility index (Phi) is 3.33. The minimum Gasteiger partial charge on any atom is -0.306 e. The molecule has 0 spiro atoms. The lowest BCUT2D eigenvalue weighted by Crippen LogP contribution is -2.39. The van der Waals surface area contributed by atoms with Crippen molar-refractivity contribution in [1.29, 1.82) is 0 Å². The van der Waals surface area contributed by atoms with Crippen molar-refractivity contribution < 1.29 is 4.79 Å². The highest BCUT2D eigenvalue weighted by atomic mass is 32.2. The Bertz CT molecular complexity index is 719. The molecule has 0 radical (unpaired) electrons. The molecular formula is C15H16N4OS. The molecule has 3 rings (SSSR count). The number of carbonyl (C=O) groups excluding carboxylic acids is 1. The lowest BCUT2D eigenvalue weighted by atomic mass is 9.95. The topological polar surface area (TPSA) is 59.3 Å². The fraction of sp³-hybridized carbons (Fsp3) is 0.267. The number of aromatic nitrogens is 2. The fourth-order valence-corrected chi connectivity index (χ4v) is 3.22. The first-order valence-electron chi connectivity index (χ1n) is 6.64. The molecule has 108 valence electrons. The largest absolute Gasteiger partial charge is 0.306 e. The third-order valence-electron chi connectivity index (χ3n) is 3.44. The van der Waals surface area contributed by atoms with Crippen LogP contribution >= 0.6 is 11.8 Å². The first-order valence-corrected chi connectivity index (χ1v) is 7.45. The second-order valence-corrected chi connectivity index (χ2v) is 7.04. The average molecular weight is 300 g/mol. The number of thioether (sulfide) groups is 1. The smallest absolute Gasteiger partial charge is 0.300 e. The highest BCUT2D eigenvalue weighted by Crippen LogP contribution is 2.33. The highest BCUT2D eigenvalue weighted by molar-refractivity contribution is 8.15. The molecule has 0 unspecified atom stereocenters. The van der Waals surface area contributed by atoms with Crippen molar-refractivity contribution in [3.63, 3.8) is 0 Å². The summed E-state index contributed by atoms with van der Waals surface area (Å²) in [6.07, 6.45) is 5.43. The number of hydrogen-bond donors (Lipinski definition) is 1. The van der Waals surface area contributed by atoms with Gasteiger partial charge in [-0.15, -0.1) is 0 Å². The zero-order valence-electron chi connectivity index (χ0n) is 12.1. The Hall–Kier alpha value is -2.08. The second kappa shape index (κ2) is 5.04. The molecule has 1 aliphatic rings. The van der Waals surface area contributed by atoms with Crippen LogP contribution in [-0.4, -0.2) is 25.2 Å². The van der Waals surface area contributed by atoms with Gasteiger partial charge in [-0.25, -0.2) is 10.4 Å². The number of rotatable bonds is 2. The van der Waals surface area contributed by atoms with Gasteiger partial charge in [-0.3, -0.25) is 4.79 Å². The van der Waals surface area contributed by atoms with E-state index in [4.69, 9.17) is 0 Å². The number of benzene rings is 1. The SMILES string of the molecule is Cc1cc(-n2ccnc2)ccc1C1=NNC(=O)SC1(C)C. The van der Waals surface area contributed by atoms with Crippen LogP contribution in [0.1, 0.15) is 25.0 Å². The van der Waals surface area contributed by atoms with Crippen molar-refractivity contribution >= 4 is 22.7 Å². The van der Waals surface area contributed by atoms with E-state index in [0.717, 1.165) is 22.5 Å². The van der Waals surface area contributed by atoms with Crippen molar-refractivity contribution in [3.05, 3.63) is 48.0 Å². The fourth-order valence-electron chi connectivity index (χ4n) is 2.41. The summed E-state index contributed by atoms with van der Waals surface area (Å²) in [7, 11) is 0. The first kappa shape index (κ1) is 13.9. The Morgan fingerprint density at radius 3 is 2.76 bits per heavy atom. The van der Waals surface area contributed by atoms with Crippen LogP contribution in [0.2, 0.25) is 0 Å². The van der Waals surface area contributed by atoms with Crippen LogP contribution in [0.4, 0.5) is 4.79 Å². The number of hydrogen-bond acceptors (Lipinski definition) is 4. The maximum Gasteiger partial charge on any atom is 0.300 e. The molecule has 6 heteroatoms. The minimum absolute atomic E-state index is 0.114. The van der Waals surface area contributed by atoms with Gasteiger partial charge in [-0.1, -0.05) is 17.8 Å². The molecular weight excluding hydrogens is 284 g/mol. The summed E-state index contributed by atoms with van der Waals surface area (Å²) in [6.45, 7) is 6.08. The lowest BCUT2D eigenvalue weighted by Gasteiger charge is -2.29. The molecule has 1 N–H and O–H groups in total. The van der Waals surface area contributed by atoms with Gasteiger partial charge in [-0.2, -0.15) is 5.10 Å². The zero-order chi connectivity index (χ0) is 15.0. The summed E-state index contributed by atoms with van der Waals surface area (Å²) in [6, 6.07) is 6.17. The van der Waals surface area contributed by atoms with Gasteiger partial charge in [0.2, 0.25) is 0 Å². The number of carbonyl (C=O) groups is 1. The maximum absolute atomic E-state index is 11.5. The van der Waals surface area contributed by atoms with E-state index in [9.17, 15) is 4.79 Å². The molecule has 21 heavy (non-hydrogen) atoms. The van der Waals surface area contributed by atoms with E-state index < -0.39 is 0 Å². The predicted octanol–water partition coefficient (Wildman–Crippen LogP) is 3.12. The number of nitrogens with one attached hydrogen (secondary N) is 1. The standard InChI is InChI=1S/C15H16N4OS/c1-10-8-11(19-7-6-16-9-19)4-5-12(10)13-15(2,3)21-14(20)18-17-13/h4-9H,1-3H3,(H,18,20). The van der Waals surface area contributed by atoms with Gasteiger partial charge in [0.15, 0.2) is 0 Å². The Labute approximate surface area is 127 Å². The molecule has 1 aliphatic heterocycles. The van der Waals surface area contributed by atoms with E-state index in [0.29, 0.717) is 0 Å². The van der Waals surface area contributed by atoms with Crippen LogP contribution in [-0.2, 0) is 0 Å². The normalized spacial score (nSPS) is 17.3. The van der Waals surface area contributed by atoms with Crippen molar-refractivity contribution in [1.82, 2.24) is 15.0 Å². The Morgan fingerprint density at radius 2 is 2.14 bits per heavy atom. The van der Waals surface area contributed by atoms with Gasteiger partial charge in [-0.05, 0) is 38.5 Å². The summed E-state index contributed by atoms with van der Waals surface area (Å²) in [5.74, 6) is 0. The Morgan fingerprint density at radius 1 is 1.33 bits per heavy atom. The van der Waals surface area contributed by atoms with Crippen LogP contribution in [0.3, 0.4) is 0 Å². The van der Waals surface area contributed by atoms with Gasteiger partial charge in [0.25, 0.3) is 5.24 Å². The van der Waals surface area contributed by atoms with Crippen LogP contribution in [0.15, 0.2) is 42.0 Å². The number of hydrazone groups is 1. The van der Waals surface area contributed by atoms with Gasteiger partial charge in [0.1, 0.15) is 0 Å². The van der Waals surface area contributed by atoms with Gasteiger partial charge < -0.3 is 4.57 Å². The summed E-state index contributed by atoms with van der Waals surface area (Å²) in [5.41, 5.74) is 6.67. The van der Waals surface area contributed by atoms with E-state index in [1.807, 2.05) is 36.7 Å². The monoisotopic (exact) mass is 300 g/mol. The van der Waals surface area contributed by atoms with E-state index >= 15 is 0 Å². The number of amides is 1. The van der Waals surface area contributed by atoms with Gasteiger partial charge in [0, 0.05) is 23.6 Å². The van der Waals surface area contributed by atoms with E-state index in [1.165, 1.54) is 11.8 Å². The molecule has 0 fully saturated rings. The predicted molar refractivity (Wildman–Crippen MR) is 85.0 cm³/mol. The van der Waals surface area contributed by atoms with Gasteiger partial charge >= 0.3 is 0 Å². The quantitative estimate of drug-likeness (QED) is 0.927. The Balaban J connectivity index is 2.02. The summed E-state index contributed by atoms with van der Waals surface area (Å²) < 4.78 is 1.62. The average Bonchev–Trinajstić information content (AvgIpc) is 2.92. The molecule has 0 saturated heterocycles. The molecule has 2 aromatic rings. The number of imidazole rings is 1. The molecule has 2 heterocycles. The minimum atomic E-state index is -0.344. The van der Waals surface area contributed by atoms with E-state index in [2.05, 4.69) is 28.5 Å². The van der Waals surface area contributed by atoms with Crippen LogP contribution in [0.5, 0.6) is 0 Å². The highest BCUT2D eigenvalue weighted by Gasteiger charge is 2.34. The molecule has 1 aromatic carbocycles. The van der Waals surface area contributed by atoms with Crippen LogP contribution in [0.25, 0.3) is 5.69 Å². The molecule has 0 atom stereocenters. The third-order valence-corrected chi connectivity index (χ3v) is 4.43. The maximum atomic E-state index is 11.5.